The Morgan fingerprint density at radius 2 is 1.73 bits per heavy atom. The zero-order valence-corrected chi connectivity index (χ0v) is 8.66. The summed E-state index contributed by atoms with van der Waals surface area (Å²) in [6.45, 7) is 5.32. The molecule has 0 atom stereocenters. The summed E-state index contributed by atoms with van der Waals surface area (Å²) in [6.07, 6.45) is 0.461. The lowest BCUT2D eigenvalue weighted by Gasteiger charge is -2.01. The van der Waals surface area contributed by atoms with Crippen molar-refractivity contribution in [2.45, 2.75) is 13.3 Å². The molecule has 0 fully saturated rings. The molecular formula is C12H13O3+. The number of hydrogen-bond donors (Lipinski definition) is 0. The van der Waals surface area contributed by atoms with E-state index >= 15 is 0 Å². The summed E-state index contributed by atoms with van der Waals surface area (Å²) < 4.78 is 4.72. The Bertz CT molecular complexity index is 352. The predicted octanol–water partition coefficient (Wildman–Crippen LogP) is 2.27. The van der Waals surface area contributed by atoms with E-state index in [0.717, 1.165) is 0 Å². The van der Waals surface area contributed by atoms with Gasteiger partial charge in [-0.3, -0.25) is 4.79 Å². The molecule has 1 aromatic carbocycles. The minimum atomic E-state index is -0.416. The van der Waals surface area contributed by atoms with Crippen LogP contribution in [0.15, 0.2) is 24.3 Å². The van der Waals surface area contributed by atoms with E-state index in [-0.39, 0.29) is 12.4 Å². The second-order valence-electron chi connectivity index (χ2n) is 2.99. The number of Topliss-reactive ketones (excluding diaryl/α,β-unsaturated/α-hetero) is 1. The summed E-state index contributed by atoms with van der Waals surface area (Å²) in [4.78, 5) is 22.5. The highest BCUT2D eigenvalue weighted by molar-refractivity contribution is 5.97. The van der Waals surface area contributed by atoms with Crippen molar-refractivity contribution in [1.82, 2.24) is 0 Å². The fourth-order valence-electron chi connectivity index (χ4n) is 1.17. The average Bonchev–Trinajstić information content (AvgIpc) is 2.28. The van der Waals surface area contributed by atoms with Crippen LogP contribution in [0.3, 0.4) is 0 Å². The number of benzene rings is 1. The zero-order valence-electron chi connectivity index (χ0n) is 8.66. The molecule has 0 spiro atoms. The van der Waals surface area contributed by atoms with E-state index < -0.39 is 5.97 Å². The van der Waals surface area contributed by atoms with E-state index in [0.29, 0.717) is 17.5 Å². The van der Waals surface area contributed by atoms with Gasteiger partial charge >= 0.3 is 5.97 Å². The summed E-state index contributed by atoms with van der Waals surface area (Å²) in [5, 5.41) is 0. The van der Waals surface area contributed by atoms with Gasteiger partial charge < -0.3 is 4.74 Å². The molecule has 0 saturated carbocycles. The van der Waals surface area contributed by atoms with E-state index in [9.17, 15) is 9.59 Å². The van der Waals surface area contributed by atoms with E-state index in [1.54, 1.807) is 31.2 Å². The largest absolute Gasteiger partial charge is 0.420 e. The maximum Gasteiger partial charge on any atom is 0.341 e. The van der Waals surface area contributed by atoms with Crippen molar-refractivity contribution in [1.29, 1.82) is 0 Å². The summed E-state index contributed by atoms with van der Waals surface area (Å²) >= 11 is 0. The van der Waals surface area contributed by atoms with Crippen molar-refractivity contribution >= 4 is 11.8 Å². The number of ether oxygens (including phenoxy) is 1. The van der Waals surface area contributed by atoms with E-state index in [2.05, 4.69) is 6.92 Å². The molecule has 0 aliphatic heterocycles. The Morgan fingerprint density at radius 1 is 1.20 bits per heavy atom. The molecular weight excluding hydrogens is 192 g/mol. The van der Waals surface area contributed by atoms with Crippen molar-refractivity contribution in [3.8, 4) is 0 Å². The first-order chi connectivity index (χ1) is 7.19. The molecule has 3 heteroatoms. The maximum atomic E-state index is 11.3. The molecule has 1 rings (SSSR count). The number of carbonyl (C=O) groups is 2. The zero-order chi connectivity index (χ0) is 11.3. The van der Waals surface area contributed by atoms with Crippen LogP contribution in [-0.2, 0) is 4.74 Å². The molecule has 0 heterocycles. The summed E-state index contributed by atoms with van der Waals surface area (Å²) in [5.74, 6) is -0.354. The highest BCUT2D eigenvalue weighted by atomic mass is 16.5. The molecule has 0 saturated heterocycles. The van der Waals surface area contributed by atoms with Crippen molar-refractivity contribution in [3.63, 3.8) is 0 Å². The Hall–Kier alpha value is -1.77. The molecule has 78 valence electrons. The standard InChI is InChI=1S/C12H13O3/c1-3-11(13)9-5-7-10(8-6-9)12(14)15-4-2/h5-8H,2-4H2,1H3/q+1. The van der Waals surface area contributed by atoms with Gasteiger partial charge in [0.05, 0.1) is 5.56 Å². The number of carbonyl (C=O) groups excluding carboxylic acids is 2. The van der Waals surface area contributed by atoms with Crippen LogP contribution >= 0.6 is 0 Å². The first-order valence-electron chi connectivity index (χ1n) is 4.78. The Labute approximate surface area is 89.1 Å². The van der Waals surface area contributed by atoms with Crippen molar-refractivity contribution in [2.75, 3.05) is 6.61 Å². The van der Waals surface area contributed by atoms with Crippen LogP contribution in [0.25, 0.3) is 0 Å². The van der Waals surface area contributed by atoms with Crippen molar-refractivity contribution < 1.29 is 14.3 Å². The third kappa shape index (κ3) is 2.84. The van der Waals surface area contributed by atoms with Gasteiger partial charge in [0.15, 0.2) is 5.78 Å². The Balaban J connectivity index is 2.80. The second kappa shape index (κ2) is 5.20. The van der Waals surface area contributed by atoms with Gasteiger partial charge in [0.25, 0.3) is 0 Å². The maximum absolute atomic E-state index is 11.3. The van der Waals surface area contributed by atoms with Crippen LogP contribution in [0.4, 0.5) is 0 Å². The smallest absolute Gasteiger partial charge is 0.341 e. The SMILES string of the molecule is [CH2+]COC(=O)c1ccc(C(=O)CC)cc1. The van der Waals surface area contributed by atoms with Gasteiger partial charge in [0.1, 0.15) is 6.92 Å². The summed E-state index contributed by atoms with van der Waals surface area (Å²) in [7, 11) is 0. The van der Waals surface area contributed by atoms with Crippen LogP contribution in [0.2, 0.25) is 0 Å². The van der Waals surface area contributed by atoms with Crippen LogP contribution in [0, 0.1) is 6.92 Å². The summed E-state index contributed by atoms with van der Waals surface area (Å²) in [6, 6.07) is 6.43. The molecule has 0 bridgehead atoms. The van der Waals surface area contributed by atoms with Crippen LogP contribution in [0.1, 0.15) is 34.1 Å². The third-order valence-electron chi connectivity index (χ3n) is 2.00. The molecule has 3 nitrogen and oxygen atoms in total. The molecule has 15 heavy (non-hydrogen) atoms. The van der Waals surface area contributed by atoms with E-state index in [1.165, 1.54) is 0 Å². The minimum Gasteiger partial charge on any atom is -0.420 e. The average molecular weight is 205 g/mol. The number of esters is 1. The molecule has 0 N–H and O–H groups in total. The van der Waals surface area contributed by atoms with Gasteiger partial charge in [-0.15, -0.1) is 0 Å². The lowest BCUT2D eigenvalue weighted by atomic mass is 10.1. The first-order valence-corrected chi connectivity index (χ1v) is 4.78. The topological polar surface area (TPSA) is 43.4 Å². The van der Waals surface area contributed by atoms with Gasteiger partial charge in [-0.2, -0.15) is 0 Å². The number of ketones is 1. The molecule has 0 radical (unpaired) electrons. The van der Waals surface area contributed by atoms with Crippen molar-refractivity contribution in [3.05, 3.63) is 42.3 Å². The monoisotopic (exact) mass is 205 g/mol. The molecule has 0 amide bonds. The Kier molecular flexibility index (Phi) is 3.92. The minimum absolute atomic E-state index is 0.0621. The molecule has 0 unspecified atom stereocenters. The van der Waals surface area contributed by atoms with Gasteiger partial charge in [0, 0.05) is 12.0 Å². The fraction of sp³-hybridized carbons (Fsp3) is 0.250. The van der Waals surface area contributed by atoms with Gasteiger partial charge in [-0.05, 0) is 12.1 Å². The first kappa shape index (κ1) is 11.3. The molecule has 1 aromatic rings. The van der Waals surface area contributed by atoms with E-state index in [4.69, 9.17) is 4.74 Å². The normalized spacial score (nSPS) is 9.67. The van der Waals surface area contributed by atoms with Gasteiger partial charge in [-0.25, -0.2) is 4.79 Å². The highest BCUT2D eigenvalue weighted by Crippen LogP contribution is 2.08. The van der Waals surface area contributed by atoms with E-state index in [1.807, 2.05) is 0 Å². The van der Waals surface area contributed by atoms with Gasteiger partial charge in [-0.1, -0.05) is 19.1 Å². The third-order valence-corrected chi connectivity index (χ3v) is 2.00. The molecule has 0 aliphatic rings. The van der Waals surface area contributed by atoms with Gasteiger partial charge in [0.2, 0.25) is 6.61 Å². The van der Waals surface area contributed by atoms with Crippen LogP contribution in [-0.4, -0.2) is 18.4 Å². The van der Waals surface area contributed by atoms with Crippen LogP contribution in [0.5, 0.6) is 0 Å². The molecule has 0 aliphatic carbocycles. The number of hydrogen-bond acceptors (Lipinski definition) is 3. The quantitative estimate of drug-likeness (QED) is 0.430. The second-order valence-corrected chi connectivity index (χ2v) is 2.99. The summed E-state index contributed by atoms with van der Waals surface area (Å²) in [5.41, 5.74) is 1.05. The molecule has 0 aromatic heterocycles. The van der Waals surface area contributed by atoms with Crippen molar-refractivity contribution in [2.24, 2.45) is 0 Å². The van der Waals surface area contributed by atoms with Crippen LogP contribution < -0.4 is 0 Å². The number of rotatable bonds is 4. The lowest BCUT2D eigenvalue weighted by Crippen LogP contribution is -2.05. The lowest BCUT2D eigenvalue weighted by molar-refractivity contribution is 0.0547. The predicted molar refractivity (Wildman–Crippen MR) is 56.7 cm³/mol. The highest BCUT2D eigenvalue weighted by Gasteiger charge is 2.08. The Morgan fingerprint density at radius 3 is 2.20 bits per heavy atom. The fourth-order valence-corrected chi connectivity index (χ4v) is 1.17.